The van der Waals surface area contributed by atoms with Gasteiger partial charge in [-0.3, -0.25) is 9.69 Å². The molecule has 8 aliphatic rings. The van der Waals surface area contributed by atoms with Gasteiger partial charge in [-0.25, -0.2) is 0 Å². The van der Waals surface area contributed by atoms with Crippen LogP contribution in [0.25, 0.3) is 0 Å². The van der Waals surface area contributed by atoms with Crippen molar-refractivity contribution in [1.82, 2.24) is 4.90 Å². The first-order valence-corrected chi connectivity index (χ1v) is 17.0. The molecule has 13 atom stereocenters. The summed E-state index contributed by atoms with van der Waals surface area (Å²) >= 11 is 0. The van der Waals surface area contributed by atoms with Crippen molar-refractivity contribution in [2.24, 2.45) is 50.7 Å². The van der Waals surface area contributed by atoms with Crippen LogP contribution in [0.4, 0.5) is 0 Å². The molecular formula is C34H53NO6. The third-order valence-electron chi connectivity index (χ3n) is 15.4. The molecule has 3 saturated heterocycles. The summed E-state index contributed by atoms with van der Waals surface area (Å²) in [6, 6.07) is -0.143. The summed E-state index contributed by atoms with van der Waals surface area (Å²) in [6.45, 7) is 15.7. The van der Waals surface area contributed by atoms with Crippen molar-refractivity contribution in [3.8, 4) is 0 Å². The number of carbonyl (C=O) groups is 1. The maximum Gasteiger partial charge on any atom is 0.323 e. The van der Waals surface area contributed by atoms with Crippen LogP contribution in [-0.4, -0.2) is 79.5 Å². The number of esters is 1. The molecule has 0 aromatic carbocycles. The topological polar surface area (TPSA) is 77.5 Å². The molecule has 0 amide bonds. The Hall–Kier alpha value is -0.730. The lowest BCUT2D eigenvalue weighted by Crippen LogP contribution is -2.60. The third kappa shape index (κ3) is 3.37. The first kappa shape index (κ1) is 27.8. The minimum Gasteiger partial charge on any atom is -0.464 e. The molecule has 1 N–H and O–H groups in total. The summed E-state index contributed by atoms with van der Waals surface area (Å²) in [6.07, 6.45) is 10.1. The molecule has 2 spiro atoms. The van der Waals surface area contributed by atoms with Crippen LogP contribution in [-0.2, 0) is 23.7 Å². The zero-order chi connectivity index (χ0) is 28.6. The Morgan fingerprint density at radius 3 is 2.46 bits per heavy atom. The number of morpholine rings is 1. The van der Waals surface area contributed by atoms with Gasteiger partial charge in [0.1, 0.15) is 6.04 Å². The summed E-state index contributed by atoms with van der Waals surface area (Å²) in [7, 11) is 0. The van der Waals surface area contributed by atoms with Gasteiger partial charge in [0.25, 0.3) is 0 Å². The van der Waals surface area contributed by atoms with E-state index in [1.165, 1.54) is 38.5 Å². The fraction of sp³-hybridized carbons (Fsp3) is 0.971. The summed E-state index contributed by atoms with van der Waals surface area (Å²) < 4.78 is 24.6. The predicted molar refractivity (Wildman–Crippen MR) is 153 cm³/mol. The Balaban J connectivity index is 1.02. The Morgan fingerprint density at radius 2 is 1.68 bits per heavy atom. The van der Waals surface area contributed by atoms with Gasteiger partial charge in [-0.05, 0) is 96.7 Å². The number of rotatable bonds is 3. The number of aliphatic hydroxyl groups is 1. The molecule has 0 aromatic rings. The van der Waals surface area contributed by atoms with Crippen LogP contribution in [0.15, 0.2) is 0 Å². The van der Waals surface area contributed by atoms with Crippen molar-refractivity contribution in [2.45, 2.75) is 123 Å². The molecular weight excluding hydrogens is 518 g/mol. The second kappa shape index (κ2) is 8.93. The quantitative estimate of drug-likeness (QED) is 0.488. The van der Waals surface area contributed by atoms with E-state index in [9.17, 15) is 9.90 Å². The fourth-order valence-electron chi connectivity index (χ4n) is 13.4. The predicted octanol–water partition coefficient (Wildman–Crippen LogP) is 4.79. The van der Waals surface area contributed by atoms with Crippen molar-refractivity contribution in [2.75, 3.05) is 32.9 Å². The van der Waals surface area contributed by atoms with Gasteiger partial charge < -0.3 is 24.1 Å². The lowest BCUT2D eigenvalue weighted by molar-refractivity contribution is -0.250. The largest absolute Gasteiger partial charge is 0.464 e. The third-order valence-corrected chi connectivity index (χ3v) is 15.4. The maximum absolute atomic E-state index is 12.2. The number of hydrogen-bond donors (Lipinski definition) is 1. The zero-order valence-corrected chi connectivity index (χ0v) is 26.0. The van der Waals surface area contributed by atoms with E-state index in [4.69, 9.17) is 18.9 Å². The molecule has 5 saturated carbocycles. The van der Waals surface area contributed by atoms with Gasteiger partial charge in [-0.1, -0.05) is 34.6 Å². The Kier molecular flexibility index (Phi) is 6.05. The van der Waals surface area contributed by atoms with E-state index in [-0.39, 0.29) is 52.9 Å². The highest BCUT2D eigenvalue weighted by molar-refractivity contribution is 5.77. The molecule has 7 heteroatoms. The molecule has 8 fully saturated rings. The second-order valence-electron chi connectivity index (χ2n) is 16.7. The van der Waals surface area contributed by atoms with E-state index in [2.05, 4.69) is 39.5 Å². The van der Waals surface area contributed by atoms with Crippen molar-refractivity contribution in [1.29, 1.82) is 0 Å². The number of fused-ring (bicyclic) bond motifs is 4. The van der Waals surface area contributed by atoms with Crippen molar-refractivity contribution >= 4 is 5.97 Å². The van der Waals surface area contributed by atoms with Gasteiger partial charge in [0.05, 0.1) is 38.1 Å². The fourth-order valence-corrected chi connectivity index (χ4v) is 13.4. The molecule has 7 nitrogen and oxygen atoms in total. The first-order chi connectivity index (χ1) is 19.5. The number of nitrogens with zero attached hydrogens (tertiary/aromatic N) is 1. The van der Waals surface area contributed by atoms with Gasteiger partial charge in [0.15, 0.2) is 6.29 Å². The van der Waals surface area contributed by atoms with E-state index in [0.29, 0.717) is 54.3 Å². The lowest BCUT2D eigenvalue weighted by Gasteiger charge is -2.63. The first-order valence-electron chi connectivity index (χ1n) is 17.0. The van der Waals surface area contributed by atoms with E-state index < -0.39 is 0 Å². The van der Waals surface area contributed by atoms with Crippen LogP contribution in [0, 0.1) is 50.7 Å². The Bertz CT molecular complexity index is 1100. The maximum atomic E-state index is 12.2. The highest BCUT2D eigenvalue weighted by Crippen LogP contribution is 2.89. The van der Waals surface area contributed by atoms with Gasteiger partial charge in [-0.2, -0.15) is 0 Å². The highest BCUT2D eigenvalue weighted by Gasteiger charge is 2.84. The molecule has 41 heavy (non-hydrogen) atoms. The monoisotopic (exact) mass is 571 g/mol. The Morgan fingerprint density at radius 1 is 0.902 bits per heavy atom. The summed E-state index contributed by atoms with van der Waals surface area (Å²) in [5, 5.41) is 12.1. The van der Waals surface area contributed by atoms with E-state index >= 15 is 0 Å². The average molecular weight is 572 g/mol. The van der Waals surface area contributed by atoms with Crippen molar-refractivity contribution < 1.29 is 28.8 Å². The number of aliphatic hydroxyl groups excluding tert-OH is 1. The average Bonchev–Trinajstić information content (AvgIpc) is 3.34. The Labute approximate surface area is 246 Å². The van der Waals surface area contributed by atoms with Crippen LogP contribution < -0.4 is 0 Å². The normalized spacial score (nSPS) is 57.5. The lowest BCUT2D eigenvalue weighted by atomic mass is 9.41. The number of carbonyl (C=O) groups excluding carboxylic acids is 1. The minimum absolute atomic E-state index is 0.0121. The van der Waals surface area contributed by atoms with Gasteiger partial charge >= 0.3 is 5.97 Å². The van der Waals surface area contributed by atoms with Crippen LogP contribution in [0.5, 0.6) is 0 Å². The molecule has 5 aliphatic carbocycles. The van der Waals surface area contributed by atoms with E-state index in [0.717, 1.165) is 32.4 Å². The van der Waals surface area contributed by atoms with E-state index in [1.54, 1.807) is 0 Å². The molecule has 0 radical (unpaired) electrons. The molecule has 3 aliphatic heterocycles. The van der Waals surface area contributed by atoms with Gasteiger partial charge in [0, 0.05) is 25.0 Å². The molecule has 4 unspecified atom stereocenters. The number of ether oxygens (including phenoxy) is 4. The molecule has 3 heterocycles. The zero-order valence-electron chi connectivity index (χ0n) is 26.0. The molecule has 0 bridgehead atoms. The molecule has 230 valence electrons. The number of hydrogen-bond acceptors (Lipinski definition) is 7. The van der Waals surface area contributed by atoms with Crippen LogP contribution in [0.1, 0.15) is 92.4 Å². The minimum atomic E-state index is -0.354. The van der Waals surface area contributed by atoms with Crippen molar-refractivity contribution in [3.63, 3.8) is 0 Å². The summed E-state index contributed by atoms with van der Waals surface area (Å²) in [4.78, 5) is 14.5. The molecule has 0 aromatic heterocycles. The van der Waals surface area contributed by atoms with Crippen molar-refractivity contribution in [3.05, 3.63) is 0 Å². The van der Waals surface area contributed by atoms with Gasteiger partial charge in [-0.15, -0.1) is 0 Å². The van der Waals surface area contributed by atoms with Crippen LogP contribution in [0.3, 0.4) is 0 Å². The smallest absolute Gasteiger partial charge is 0.323 e. The molecule has 8 rings (SSSR count). The standard InChI is InChI=1S/C34H53NO6/c1-20-9-15-39-27-26(20)31(4)12-13-34-19-33(34)11-8-24(30(2,3)22(33)6-7-23(34)32(31,5)28(27)36)41-25-18-35(14-17-38-25)21-10-16-40-29(21)37/h20-28,36H,6-19H2,1-5H3/t20-,21+,22+,23+,24+,25?,26?,27?,28+,31-,32-,33-,34?/m1/s1. The number of cyclic esters (lactones) is 1. The van der Waals surface area contributed by atoms with Crippen LogP contribution >= 0.6 is 0 Å². The van der Waals surface area contributed by atoms with E-state index in [1.807, 2.05) is 0 Å². The summed E-state index contributed by atoms with van der Waals surface area (Å²) in [5.74, 6) is 2.22. The second-order valence-corrected chi connectivity index (χ2v) is 16.7. The highest BCUT2D eigenvalue weighted by atomic mass is 16.7. The van der Waals surface area contributed by atoms with Crippen LogP contribution in [0.2, 0.25) is 0 Å². The SMILES string of the molecule is C[C@@H]1CCOC2C1[C@@]1(C)CCC34C[C@@]35CC[C@H](OC3CN([C@H]6CCOC6=O)CCO3)C(C)(C)[C@@H]5CC[C@H]4[C@]1(C)[C@H]2O. The van der Waals surface area contributed by atoms with Gasteiger partial charge in [0.2, 0.25) is 0 Å². The summed E-state index contributed by atoms with van der Waals surface area (Å²) in [5.41, 5.74) is 0.884.